The van der Waals surface area contributed by atoms with Gasteiger partial charge in [0.1, 0.15) is 5.75 Å². The van der Waals surface area contributed by atoms with Crippen LogP contribution < -0.4 is 4.74 Å². The number of pyridine rings is 1. The molecule has 2 fully saturated rings. The number of methoxy groups -OCH3 is 1. The Balaban J connectivity index is 1.35. The second-order valence-electron chi connectivity index (χ2n) is 9.67. The van der Waals surface area contributed by atoms with Crippen molar-refractivity contribution in [2.45, 2.75) is 90.0 Å². The van der Waals surface area contributed by atoms with Crippen LogP contribution in [0.1, 0.15) is 81.8 Å². The second-order valence-corrected chi connectivity index (χ2v) is 9.67. The molecular weight excluding hydrogens is 368 g/mol. The van der Waals surface area contributed by atoms with Crippen molar-refractivity contribution in [2.75, 3.05) is 20.2 Å². The van der Waals surface area contributed by atoms with Crippen LogP contribution in [0.25, 0.3) is 10.9 Å². The molecule has 3 heteroatoms. The van der Waals surface area contributed by atoms with Crippen LogP contribution >= 0.6 is 0 Å². The first-order chi connectivity index (χ1) is 14.7. The van der Waals surface area contributed by atoms with Gasteiger partial charge in [0.05, 0.1) is 12.6 Å². The highest BCUT2D eigenvalue weighted by atomic mass is 16.5. The summed E-state index contributed by atoms with van der Waals surface area (Å²) in [7, 11) is 1.75. The Labute approximate surface area is 183 Å². The van der Waals surface area contributed by atoms with E-state index in [1.165, 1.54) is 100 Å². The molecule has 0 N–H and O–H groups in total. The predicted octanol–water partition coefficient (Wildman–Crippen LogP) is 6.70. The Bertz CT molecular complexity index is 812. The Hall–Kier alpha value is -1.61. The third-order valence-corrected chi connectivity index (χ3v) is 7.66. The first-order valence-corrected chi connectivity index (χ1v) is 12.4. The number of fused-ring (bicyclic) bond motifs is 1. The summed E-state index contributed by atoms with van der Waals surface area (Å²) in [6.07, 6.45) is 18.8. The first-order valence-electron chi connectivity index (χ1n) is 12.4. The van der Waals surface area contributed by atoms with E-state index in [-0.39, 0.29) is 0 Å². The zero-order valence-corrected chi connectivity index (χ0v) is 19.2. The van der Waals surface area contributed by atoms with Gasteiger partial charge in [-0.25, -0.2) is 0 Å². The minimum absolute atomic E-state index is 0.797. The molecule has 1 saturated heterocycles. The summed E-state index contributed by atoms with van der Waals surface area (Å²) in [5.74, 6) is 1.93. The number of rotatable bonds is 8. The highest BCUT2D eigenvalue weighted by Crippen LogP contribution is 2.30. The minimum Gasteiger partial charge on any atom is -0.497 e. The molecule has 1 aromatic carbocycles. The molecule has 2 aromatic rings. The van der Waals surface area contributed by atoms with Crippen LogP contribution in [-0.4, -0.2) is 36.1 Å². The van der Waals surface area contributed by atoms with Crippen molar-refractivity contribution in [3.63, 3.8) is 0 Å². The maximum atomic E-state index is 5.47. The number of nitrogens with zero attached hydrogens (tertiary/aromatic N) is 2. The molecule has 0 radical (unpaired) electrons. The van der Waals surface area contributed by atoms with Crippen LogP contribution in [0.15, 0.2) is 24.4 Å². The normalized spacial score (nSPS) is 21.2. The molecule has 1 aromatic heterocycles. The third-order valence-electron chi connectivity index (χ3n) is 7.66. The van der Waals surface area contributed by atoms with Crippen LogP contribution in [0, 0.1) is 12.8 Å². The Morgan fingerprint density at radius 2 is 1.87 bits per heavy atom. The quantitative estimate of drug-likeness (QED) is 0.486. The third kappa shape index (κ3) is 5.35. The maximum Gasteiger partial charge on any atom is 0.119 e. The van der Waals surface area contributed by atoms with E-state index >= 15 is 0 Å². The average Bonchev–Trinajstić information content (AvgIpc) is 2.80. The minimum atomic E-state index is 0.797. The van der Waals surface area contributed by atoms with Crippen LogP contribution in [0.5, 0.6) is 5.75 Å². The summed E-state index contributed by atoms with van der Waals surface area (Å²) >= 11 is 0. The van der Waals surface area contributed by atoms with Crippen molar-refractivity contribution in [2.24, 2.45) is 5.92 Å². The smallest absolute Gasteiger partial charge is 0.119 e. The number of benzene rings is 1. The summed E-state index contributed by atoms with van der Waals surface area (Å²) in [6, 6.07) is 7.07. The summed E-state index contributed by atoms with van der Waals surface area (Å²) in [5, 5.41) is 1.27. The van der Waals surface area contributed by atoms with Gasteiger partial charge in [-0.05, 0) is 93.8 Å². The zero-order chi connectivity index (χ0) is 20.8. The molecule has 164 valence electrons. The Kier molecular flexibility index (Phi) is 7.65. The molecule has 1 atom stereocenters. The Morgan fingerprint density at radius 3 is 2.70 bits per heavy atom. The van der Waals surface area contributed by atoms with Gasteiger partial charge in [-0.15, -0.1) is 0 Å². The van der Waals surface area contributed by atoms with Crippen LogP contribution in [0.3, 0.4) is 0 Å². The summed E-state index contributed by atoms with van der Waals surface area (Å²) < 4.78 is 5.47. The summed E-state index contributed by atoms with van der Waals surface area (Å²) in [4.78, 5) is 7.48. The lowest BCUT2D eigenvalue weighted by atomic mass is 9.86. The Morgan fingerprint density at radius 1 is 1.03 bits per heavy atom. The molecule has 30 heavy (non-hydrogen) atoms. The SMILES string of the molecule is COc1ccc2ncc(C)c(CCCC3CCCCN3CCC3CCCCC3)c2c1. The topological polar surface area (TPSA) is 25.4 Å². The van der Waals surface area contributed by atoms with Gasteiger partial charge in [0.2, 0.25) is 0 Å². The van der Waals surface area contributed by atoms with E-state index < -0.39 is 0 Å². The molecule has 0 bridgehead atoms. The number of piperidine rings is 1. The monoisotopic (exact) mass is 408 g/mol. The number of ether oxygens (including phenoxy) is 1. The lowest BCUT2D eigenvalue weighted by Gasteiger charge is -2.37. The van der Waals surface area contributed by atoms with E-state index in [1.54, 1.807) is 7.11 Å². The molecule has 2 aliphatic rings. The number of aromatic nitrogens is 1. The van der Waals surface area contributed by atoms with Gasteiger partial charge in [-0.3, -0.25) is 4.98 Å². The lowest BCUT2D eigenvalue weighted by molar-refractivity contribution is 0.125. The van der Waals surface area contributed by atoms with E-state index in [0.29, 0.717) is 0 Å². The molecule has 1 aliphatic carbocycles. The highest BCUT2D eigenvalue weighted by molar-refractivity contribution is 5.84. The van der Waals surface area contributed by atoms with Gasteiger partial charge in [-0.2, -0.15) is 0 Å². The van der Waals surface area contributed by atoms with Gasteiger partial charge in [0.25, 0.3) is 0 Å². The van der Waals surface area contributed by atoms with Gasteiger partial charge >= 0.3 is 0 Å². The van der Waals surface area contributed by atoms with Crippen LogP contribution in [0.2, 0.25) is 0 Å². The van der Waals surface area contributed by atoms with E-state index in [2.05, 4.69) is 28.9 Å². The van der Waals surface area contributed by atoms with E-state index in [4.69, 9.17) is 4.74 Å². The zero-order valence-electron chi connectivity index (χ0n) is 19.2. The largest absolute Gasteiger partial charge is 0.497 e. The fourth-order valence-electron chi connectivity index (χ4n) is 5.80. The number of hydrogen-bond acceptors (Lipinski definition) is 3. The summed E-state index contributed by atoms with van der Waals surface area (Å²) in [5.41, 5.74) is 3.86. The van der Waals surface area contributed by atoms with Crippen molar-refractivity contribution in [3.05, 3.63) is 35.5 Å². The van der Waals surface area contributed by atoms with Gasteiger partial charge in [-0.1, -0.05) is 38.5 Å². The molecule has 0 amide bonds. The summed E-state index contributed by atoms with van der Waals surface area (Å²) in [6.45, 7) is 4.87. The highest BCUT2D eigenvalue weighted by Gasteiger charge is 2.23. The fraction of sp³-hybridized carbons (Fsp3) is 0.667. The van der Waals surface area contributed by atoms with E-state index in [0.717, 1.165) is 29.6 Å². The van der Waals surface area contributed by atoms with Gasteiger partial charge < -0.3 is 9.64 Å². The molecule has 4 rings (SSSR count). The van der Waals surface area contributed by atoms with Crippen LogP contribution in [-0.2, 0) is 6.42 Å². The molecular formula is C27H40N2O. The van der Waals surface area contributed by atoms with Crippen LogP contribution in [0.4, 0.5) is 0 Å². The van der Waals surface area contributed by atoms with E-state index in [1.807, 2.05) is 12.3 Å². The van der Waals surface area contributed by atoms with Gasteiger partial charge in [0.15, 0.2) is 0 Å². The van der Waals surface area contributed by atoms with Crippen molar-refractivity contribution >= 4 is 10.9 Å². The van der Waals surface area contributed by atoms with Crippen molar-refractivity contribution in [1.82, 2.24) is 9.88 Å². The fourth-order valence-corrected chi connectivity index (χ4v) is 5.80. The number of hydrogen-bond donors (Lipinski definition) is 0. The molecule has 2 heterocycles. The van der Waals surface area contributed by atoms with Gasteiger partial charge in [0, 0.05) is 17.6 Å². The average molecular weight is 409 g/mol. The van der Waals surface area contributed by atoms with Crippen molar-refractivity contribution < 1.29 is 4.74 Å². The molecule has 0 spiro atoms. The maximum absolute atomic E-state index is 5.47. The number of likely N-dealkylation sites (tertiary alicyclic amines) is 1. The molecule has 1 saturated carbocycles. The number of aryl methyl sites for hydroxylation is 2. The lowest BCUT2D eigenvalue weighted by Crippen LogP contribution is -2.40. The second kappa shape index (κ2) is 10.6. The van der Waals surface area contributed by atoms with Crippen molar-refractivity contribution in [3.8, 4) is 5.75 Å². The molecule has 1 aliphatic heterocycles. The predicted molar refractivity (Wildman–Crippen MR) is 126 cm³/mol. The van der Waals surface area contributed by atoms with Crippen molar-refractivity contribution in [1.29, 1.82) is 0 Å². The molecule has 3 nitrogen and oxygen atoms in total. The standard InChI is InChI=1S/C27H40N2O/c1-21-20-28-27-15-14-24(30-2)19-26(27)25(21)13-8-12-23-11-6-7-17-29(23)18-16-22-9-4-3-5-10-22/h14-15,19-20,22-23H,3-13,16-18H2,1-2H3. The van der Waals surface area contributed by atoms with E-state index in [9.17, 15) is 0 Å². The first kappa shape index (κ1) is 21.6. The molecule has 1 unspecified atom stereocenters.